The topological polar surface area (TPSA) is 17.8 Å². The van der Waals surface area contributed by atoms with E-state index in [0.29, 0.717) is 17.1 Å². The van der Waals surface area contributed by atoms with Crippen LogP contribution in [-0.4, -0.2) is 9.55 Å². The smallest absolute Gasteiger partial charge is 0.128 e. The summed E-state index contributed by atoms with van der Waals surface area (Å²) in [5, 5.41) is 0. The van der Waals surface area contributed by atoms with Crippen molar-refractivity contribution in [1.82, 2.24) is 9.55 Å². The molecular formula is C11H9ClF2N2. The Morgan fingerprint density at radius 3 is 2.81 bits per heavy atom. The average molecular weight is 243 g/mol. The van der Waals surface area contributed by atoms with Crippen molar-refractivity contribution in [3.8, 4) is 0 Å². The molecule has 0 aliphatic rings. The molecule has 0 amide bonds. The molecule has 0 unspecified atom stereocenters. The minimum absolute atomic E-state index is 0.244. The molecule has 0 bridgehead atoms. The van der Waals surface area contributed by atoms with Gasteiger partial charge in [0.15, 0.2) is 0 Å². The van der Waals surface area contributed by atoms with Gasteiger partial charge in [-0.25, -0.2) is 13.8 Å². The fourth-order valence-corrected chi connectivity index (χ4v) is 1.56. The molecule has 0 atom stereocenters. The van der Waals surface area contributed by atoms with Crippen LogP contribution in [0.25, 0.3) is 0 Å². The zero-order valence-electron chi connectivity index (χ0n) is 8.33. The Hall–Kier alpha value is -1.42. The van der Waals surface area contributed by atoms with Gasteiger partial charge in [-0.3, -0.25) is 0 Å². The van der Waals surface area contributed by atoms with E-state index in [4.69, 9.17) is 11.6 Å². The Balaban J connectivity index is 2.22. The summed E-state index contributed by atoms with van der Waals surface area (Å²) >= 11 is 5.59. The lowest BCUT2D eigenvalue weighted by molar-refractivity contribution is 0.577. The molecule has 0 fully saturated rings. The van der Waals surface area contributed by atoms with Gasteiger partial charge in [-0.1, -0.05) is 0 Å². The first kappa shape index (κ1) is 11.1. The first-order valence-electron chi connectivity index (χ1n) is 4.69. The second kappa shape index (κ2) is 4.61. The minimum Gasteiger partial charge on any atom is -0.333 e. The van der Waals surface area contributed by atoms with Crippen molar-refractivity contribution in [3.63, 3.8) is 0 Å². The van der Waals surface area contributed by atoms with E-state index >= 15 is 0 Å². The summed E-state index contributed by atoms with van der Waals surface area (Å²) < 4.78 is 27.9. The number of hydrogen-bond donors (Lipinski definition) is 0. The second-order valence-corrected chi connectivity index (χ2v) is 3.67. The van der Waals surface area contributed by atoms with E-state index in [1.807, 2.05) is 0 Å². The van der Waals surface area contributed by atoms with Crippen molar-refractivity contribution >= 4 is 11.6 Å². The fraction of sp³-hybridized carbons (Fsp3) is 0.182. The Morgan fingerprint density at radius 1 is 1.31 bits per heavy atom. The van der Waals surface area contributed by atoms with Crippen molar-refractivity contribution < 1.29 is 8.78 Å². The van der Waals surface area contributed by atoms with Crippen LogP contribution in [0.4, 0.5) is 8.78 Å². The predicted octanol–water partition coefficient (Wildman–Crippen LogP) is 2.95. The molecule has 84 valence electrons. The number of imidazole rings is 1. The van der Waals surface area contributed by atoms with Gasteiger partial charge in [0, 0.05) is 11.8 Å². The highest BCUT2D eigenvalue weighted by molar-refractivity contribution is 6.16. The molecule has 2 rings (SSSR count). The van der Waals surface area contributed by atoms with E-state index in [0.717, 1.165) is 12.1 Å². The Bertz CT molecular complexity index is 496. The standard InChI is InChI=1S/C11H9ClF2N2/c12-4-10-6-16(7-15-10)5-8-3-9(13)1-2-11(8)14/h1-3,6-7H,4-5H2. The summed E-state index contributed by atoms with van der Waals surface area (Å²) in [5.41, 5.74) is 0.997. The lowest BCUT2D eigenvalue weighted by atomic mass is 10.2. The molecule has 1 aromatic carbocycles. The third-order valence-corrected chi connectivity index (χ3v) is 2.46. The van der Waals surface area contributed by atoms with Crippen LogP contribution in [0.3, 0.4) is 0 Å². The van der Waals surface area contributed by atoms with E-state index in [9.17, 15) is 8.78 Å². The van der Waals surface area contributed by atoms with Gasteiger partial charge in [-0.2, -0.15) is 0 Å². The summed E-state index contributed by atoms with van der Waals surface area (Å²) in [7, 11) is 0. The highest BCUT2D eigenvalue weighted by Gasteiger charge is 2.05. The maximum Gasteiger partial charge on any atom is 0.128 e. The van der Waals surface area contributed by atoms with Gasteiger partial charge in [0.2, 0.25) is 0 Å². The van der Waals surface area contributed by atoms with E-state index in [1.54, 1.807) is 17.1 Å². The molecule has 5 heteroatoms. The molecule has 0 aliphatic carbocycles. The monoisotopic (exact) mass is 242 g/mol. The molecule has 1 heterocycles. The van der Waals surface area contributed by atoms with Crippen LogP contribution >= 0.6 is 11.6 Å². The van der Waals surface area contributed by atoms with Crippen LogP contribution in [-0.2, 0) is 12.4 Å². The van der Waals surface area contributed by atoms with Crippen LogP contribution in [0.5, 0.6) is 0 Å². The Morgan fingerprint density at radius 2 is 2.12 bits per heavy atom. The third-order valence-electron chi connectivity index (χ3n) is 2.18. The lowest BCUT2D eigenvalue weighted by Gasteiger charge is -2.03. The zero-order valence-corrected chi connectivity index (χ0v) is 9.09. The van der Waals surface area contributed by atoms with Gasteiger partial charge in [0.05, 0.1) is 24.4 Å². The van der Waals surface area contributed by atoms with E-state index < -0.39 is 11.6 Å². The van der Waals surface area contributed by atoms with E-state index in [1.165, 1.54) is 6.07 Å². The van der Waals surface area contributed by atoms with Crippen molar-refractivity contribution in [2.24, 2.45) is 0 Å². The summed E-state index contributed by atoms with van der Waals surface area (Å²) in [6.07, 6.45) is 3.25. The predicted molar refractivity (Wildman–Crippen MR) is 57.2 cm³/mol. The van der Waals surface area contributed by atoms with Crippen molar-refractivity contribution in [2.45, 2.75) is 12.4 Å². The molecule has 0 saturated heterocycles. The summed E-state index contributed by atoms with van der Waals surface area (Å²) in [5.74, 6) is -0.574. The number of benzene rings is 1. The van der Waals surface area contributed by atoms with Crippen LogP contribution in [0.15, 0.2) is 30.7 Å². The molecular weight excluding hydrogens is 234 g/mol. The maximum atomic E-state index is 13.3. The SMILES string of the molecule is Fc1ccc(F)c(Cn2cnc(CCl)c2)c1. The number of nitrogens with zero attached hydrogens (tertiary/aromatic N) is 2. The average Bonchev–Trinajstić information content (AvgIpc) is 2.71. The summed E-state index contributed by atoms with van der Waals surface area (Å²) in [4.78, 5) is 4.00. The number of alkyl halides is 1. The van der Waals surface area contributed by atoms with Crippen LogP contribution < -0.4 is 0 Å². The van der Waals surface area contributed by atoms with Gasteiger partial charge < -0.3 is 4.57 Å². The van der Waals surface area contributed by atoms with Gasteiger partial charge in [-0.15, -0.1) is 11.6 Å². The van der Waals surface area contributed by atoms with Crippen molar-refractivity contribution in [2.75, 3.05) is 0 Å². The lowest BCUT2D eigenvalue weighted by Crippen LogP contribution is -2.00. The molecule has 2 nitrogen and oxygen atoms in total. The minimum atomic E-state index is -0.450. The first-order valence-corrected chi connectivity index (χ1v) is 5.23. The molecule has 0 radical (unpaired) electrons. The number of aromatic nitrogens is 2. The van der Waals surface area contributed by atoms with Gasteiger partial charge in [0.1, 0.15) is 11.6 Å². The van der Waals surface area contributed by atoms with Crippen molar-refractivity contribution in [1.29, 1.82) is 0 Å². The van der Waals surface area contributed by atoms with Gasteiger partial charge in [-0.05, 0) is 18.2 Å². The first-order chi connectivity index (χ1) is 7.69. The second-order valence-electron chi connectivity index (χ2n) is 3.41. The van der Waals surface area contributed by atoms with E-state index in [-0.39, 0.29) is 6.54 Å². The number of rotatable bonds is 3. The van der Waals surface area contributed by atoms with E-state index in [2.05, 4.69) is 4.98 Å². The Kier molecular flexibility index (Phi) is 3.19. The zero-order chi connectivity index (χ0) is 11.5. The molecule has 0 saturated carbocycles. The van der Waals surface area contributed by atoms with Crippen LogP contribution in [0.1, 0.15) is 11.3 Å². The van der Waals surface area contributed by atoms with Gasteiger partial charge in [0.25, 0.3) is 0 Å². The molecule has 1 aromatic heterocycles. The molecule has 0 spiro atoms. The highest BCUT2D eigenvalue weighted by Crippen LogP contribution is 2.12. The molecule has 0 N–H and O–H groups in total. The van der Waals surface area contributed by atoms with Gasteiger partial charge >= 0.3 is 0 Å². The summed E-state index contributed by atoms with van der Waals surface area (Å²) in [6.45, 7) is 0.244. The Labute approximate surface area is 96.5 Å². The van der Waals surface area contributed by atoms with Crippen LogP contribution in [0, 0.1) is 11.6 Å². The fourth-order valence-electron chi connectivity index (χ4n) is 1.42. The quantitative estimate of drug-likeness (QED) is 0.757. The summed E-state index contributed by atoms with van der Waals surface area (Å²) in [6, 6.07) is 3.39. The largest absolute Gasteiger partial charge is 0.333 e. The molecule has 2 aromatic rings. The normalized spacial score (nSPS) is 10.7. The van der Waals surface area contributed by atoms with Crippen molar-refractivity contribution in [3.05, 3.63) is 53.6 Å². The van der Waals surface area contributed by atoms with Crippen LogP contribution in [0.2, 0.25) is 0 Å². The number of halogens is 3. The number of hydrogen-bond acceptors (Lipinski definition) is 1. The third kappa shape index (κ3) is 2.39. The molecule has 16 heavy (non-hydrogen) atoms. The molecule has 0 aliphatic heterocycles. The maximum absolute atomic E-state index is 13.3. The highest BCUT2D eigenvalue weighted by atomic mass is 35.5.